The number of hydrogen-bond donors (Lipinski definition) is 3. The molecule has 0 radical (unpaired) electrons. The summed E-state index contributed by atoms with van der Waals surface area (Å²) >= 11 is 0. The lowest BCUT2D eigenvalue weighted by atomic mass is 10.1. The van der Waals surface area contributed by atoms with Gasteiger partial charge in [-0.25, -0.2) is 0 Å². The number of carbonyl (C=O) groups excluding carboxylic acids is 3. The highest BCUT2D eigenvalue weighted by atomic mass is 16.2. The van der Waals surface area contributed by atoms with Gasteiger partial charge in [-0.15, -0.1) is 0 Å². The molecule has 3 N–H and O–H groups in total. The smallest absolute Gasteiger partial charge is 0.257 e. The van der Waals surface area contributed by atoms with E-state index >= 15 is 0 Å². The van der Waals surface area contributed by atoms with Gasteiger partial charge < -0.3 is 10.2 Å². The highest BCUT2D eigenvalue weighted by Gasteiger charge is 2.17. The van der Waals surface area contributed by atoms with E-state index in [0.29, 0.717) is 5.69 Å². The van der Waals surface area contributed by atoms with Crippen molar-refractivity contribution < 1.29 is 14.4 Å². The molecule has 0 spiro atoms. The summed E-state index contributed by atoms with van der Waals surface area (Å²) in [5, 5.41) is 11.8. The van der Waals surface area contributed by atoms with Crippen molar-refractivity contribution in [1.82, 2.24) is 10.9 Å². The number of hydrogen-bond acceptors (Lipinski definition) is 5. The molecule has 0 unspecified atom stereocenters. The van der Waals surface area contributed by atoms with Crippen LogP contribution >= 0.6 is 0 Å². The first kappa shape index (κ1) is 23.4. The third-order valence-electron chi connectivity index (χ3n) is 4.54. The molecule has 0 bridgehead atoms. The predicted octanol–water partition coefficient (Wildman–Crippen LogP) is 2.59. The standard InChI is InChI=1S/C23H27N5O3/c1-17-9-10-20(18(2)15-17)25-16-22(30)27-26-21(29)11-12-23(31)28(14-6-13-24)19-7-4-3-5-8-19/h3-5,7-10,15,25H,6,11-12,14,16H2,1-2H3,(H,26,29)(H,27,30). The lowest BCUT2D eigenvalue weighted by Crippen LogP contribution is -2.44. The van der Waals surface area contributed by atoms with E-state index in [0.717, 1.165) is 16.8 Å². The minimum absolute atomic E-state index is 0.000936. The fraction of sp³-hybridized carbons (Fsp3) is 0.304. The van der Waals surface area contributed by atoms with Crippen LogP contribution in [-0.4, -0.2) is 30.8 Å². The van der Waals surface area contributed by atoms with Crippen molar-refractivity contribution in [3.8, 4) is 6.07 Å². The lowest BCUT2D eigenvalue weighted by Gasteiger charge is -2.21. The zero-order valence-electron chi connectivity index (χ0n) is 17.8. The molecule has 8 nitrogen and oxygen atoms in total. The number of hydrazine groups is 1. The summed E-state index contributed by atoms with van der Waals surface area (Å²) in [5.74, 6) is -1.14. The molecule has 0 aliphatic carbocycles. The van der Waals surface area contributed by atoms with Gasteiger partial charge in [0, 0.05) is 30.8 Å². The number of carbonyl (C=O) groups is 3. The number of nitrogens with zero attached hydrogens (tertiary/aromatic N) is 2. The molecule has 2 rings (SSSR count). The fourth-order valence-corrected chi connectivity index (χ4v) is 2.96. The quantitative estimate of drug-likeness (QED) is 0.539. The van der Waals surface area contributed by atoms with Gasteiger partial charge in [0.1, 0.15) is 0 Å². The minimum Gasteiger partial charge on any atom is -0.376 e. The summed E-state index contributed by atoms with van der Waals surface area (Å²) in [7, 11) is 0. The minimum atomic E-state index is -0.471. The number of para-hydroxylation sites is 1. The number of rotatable bonds is 9. The Bertz CT molecular complexity index is 953. The maximum atomic E-state index is 12.5. The average Bonchev–Trinajstić information content (AvgIpc) is 2.76. The van der Waals surface area contributed by atoms with Gasteiger partial charge in [0.05, 0.1) is 19.0 Å². The number of nitrogens with one attached hydrogen (secondary N) is 3. The Labute approximate surface area is 182 Å². The van der Waals surface area contributed by atoms with Crippen molar-refractivity contribution >= 4 is 29.1 Å². The molecule has 0 aliphatic heterocycles. The van der Waals surface area contributed by atoms with Gasteiger partial charge in [0.25, 0.3) is 5.91 Å². The van der Waals surface area contributed by atoms with E-state index in [1.807, 2.05) is 44.2 Å². The van der Waals surface area contributed by atoms with Gasteiger partial charge in [-0.05, 0) is 37.6 Å². The third-order valence-corrected chi connectivity index (χ3v) is 4.54. The SMILES string of the molecule is Cc1ccc(NCC(=O)NNC(=O)CCC(=O)N(CCC#N)c2ccccc2)c(C)c1. The maximum absolute atomic E-state index is 12.5. The molecule has 0 aromatic heterocycles. The Morgan fingerprint density at radius 1 is 0.968 bits per heavy atom. The second kappa shape index (κ2) is 12.0. The molecule has 0 aliphatic rings. The van der Waals surface area contributed by atoms with Gasteiger partial charge >= 0.3 is 0 Å². The normalized spacial score (nSPS) is 9.97. The molecule has 0 saturated carbocycles. The zero-order valence-corrected chi connectivity index (χ0v) is 17.8. The third kappa shape index (κ3) is 7.82. The van der Waals surface area contributed by atoms with Gasteiger partial charge in [0.15, 0.2) is 0 Å². The van der Waals surface area contributed by atoms with Crippen LogP contribution in [0.15, 0.2) is 48.5 Å². The number of benzene rings is 2. The van der Waals surface area contributed by atoms with Gasteiger partial charge in [0.2, 0.25) is 11.8 Å². The van der Waals surface area contributed by atoms with Crippen LogP contribution in [0, 0.1) is 25.2 Å². The van der Waals surface area contributed by atoms with E-state index in [9.17, 15) is 14.4 Å². The van der Waals surface area contributed by atoms with Crippen LogP contribution in [0.4, 0.5) is 11.4 Å². The topological polar surface area (TPSA) is 114 Å². The molecule has 0 atom stereocenters. The van der Waals surface area contributed by atoms with Crippen LogP contribution in [0.2, 0.25) is 0 Å². The molecular weight excluding hydrogens is 394 g/mol. The first-order chi connectivity index (χ1) is 14.9. The fourth-order valence-electron chi connectivity index (χ4n) is 2.96. The van der Waals surface area contributed by atoms with Crippen LogP contribution in [0.1, 0.15) is 30.4 Å². The van der Waals surface area contributed by atoms with Crippen molar-refractivity contribution in [2.45, 2.75) is 33.1 Å². The Morgan fingerprint density at radius 2 is 1.68 bits per heavy atom. The van der Waals surface area contributed by atoms with Crippen LogP contribution in [0.25, 0.3) is 0 Å². The predicted molar refractivity (Wildman–Crippen MR) is 119 cm³/mol. The summed E-state index contributed by atoms with van der Waals surface area (Å²) in [6.45, 7) is 4.19. The van der Waals surface area contributed by atoms with Crippen molar-refractivity contribution in [3.05, 3.63) is 59.7 Å². The van der Waals surface area contributed by atoms with Crippen LogP contribution in [0.5, 0.6) is 0 Å². The average molecular weight is 422 g/mol. The van der Waals surface area contributed by atoms with Crippen LogP contribution in [-0.2, 0) is 14.4 Å². The molecule has 3 amide bonds. The Morgan fingerprint density at radius 3 is 2.35 bits per heavy atom. The molecule has 0 saturated heterocycles. The van der Waals surface area contributed by atoms with Crippen LogP contribution in [0.3, 0.4) is 0 Å². The van der Waals surface area contributed by atoms with E-state index in [-0.39, 0.29) is 38.3 Å². The maximum Gasteiger partial charge on any atom is 0.257 e. The largest absolute Gasteiger partial charge is 0.376 e. The monoisotopic (exact) mass is 421 g/mol. The van der Waals surface area contributed by atoms with Gasteiger partial charge in [-0.3, -0.25) is 25.2 Å². The molecule has 0 fully saturated rings. The molecule has 2 aromatic carbocycles. The van der Waals surface area contributed by atoms with E-state index in [2.05, 4.69) is 16.2 Å². The summed E-state index contributed by atoms with van der Waals surface area (Å²) in [4.78, 5) is 38.0. The van der Waals surface area contributed by atoms with Crippen molar-refractivity contribution in [2.75, 3.05) is 23.3 Å². The number of amides is 3. The highest BCUT2D eigenvalue weighted by molar-refractivity contribution is 5.95. The molecule has 8 heteroatoms. The summed E-state index contributed by atoms with van der Waals surface area (Å²) in [6.07, 6.45) is 0.0681. The molecule has 0 heterocycles. The second-order valence-electron chi connectivity index (χ2n) is 7.06. The van der Waals surface area contributed by atoms with E-state index < -0.39 is 11.8 Å². The zero-order chi connectivity index (χ0) is 22.6. The Kier molecular flexibility index (Phi) is 9.05. The van der Waals surface area contributed by atoms with Gasteiger partial charge in [-0.1, -0.05) is 35.9 Å². The highest BCUT2D eigenvalue weighted by Crippen LogP contribution is 2.16. The summed E-state index contributed by atoms with van der Waals surface area (Å²) in [5.41, 5.74) is 8.33. The van der Waals surface area contributed by atoms with Crippen molar-refractivity contribution in [1.29, 1.82) is 5.26 Å². The first-order valence-corrected chi connectivity index (χ1v) is 10.0. The molecular formula is C23H27N5O3. The van der Waals surface area contributed by atoms with E-state index in [1.54, 1.807) is 24.3 Å². The van der Waals surface area contributed by atoms with Crippen molar-refractivity contribution in [2.24, 2.45) is 0 Å². The number of aryl methyl sites for hydroxylation is 2. The lowest BCUT2D eigenvalue weighted by molar-refractivity contribution is -0.129. The van der Waals surface area contributed by atoms with Crippen LogP contribution < -0.4 is 21.1 Å². The second-order valence-corrected chi connectivity index (χ2v) is 7.06. The van der Waals surface area contributed by atoms with Crippen molar-refractivity contribution in [3.63, 3.8) is 0 Å². The first-order valence-electron chi connectivity index (χ1n) is 10.0. The number of anilines is 2. The van der Waals surface area contributed by atoms with E-state index in [1.165, 1.54) is 4.90 Å². The Hall–Kier alpha value is -3.86. The molecule has 162 valence electrons. The van der Waals surface area contributed by atoms with E-state index in [4.69, 9.17) is 5.26 Å². The summed E-state index contributed by atoms with van der Waals surface area (Å²) < 4.78 is 0. The number of nitriles is 1. The Balaban J connectivity index is 1.76. The summed E-state index contributed by atoms with van der Waals surface area (Å²) in [6, 6.07) is 16.9. The molecule has 31 heavy (non-hydrogen) atoms. The molecule has 2 aromatic rings. The van der Waals surface area contributed by atoms with Gasteiger partial charge in [-0.2, -0.15) is 5.26 Å².